The van der Waals surface area contributed by atoms with Crippen LogP contribution in [0.4, 0.5) is 5.69 Å². The predicted octanol–water partition coefficient (Wildman–Crippen LogP) is 5.80. The lowest BCUT2D eigenvalue weighted by molar-refractivity contribution is 0.0977. The zero-order valence-electron chi connectivity index (χ0n) is 17.8. The van der Waals surface area contributed by atoms with Crippen molar-refractivity contribution in [2.24, 2.45) is 0 Å². The second-order valence-corrected chi connectivity index (χ2v) is 7.75. The number of thiocarbonyl (C=S) groups is 1. The summed E-state index contributed by atoms with van der Waals surface area (Å²) in [5.41, 5.74) is 3.53. The molecule has 1 amide bonds. The summed E-state index contributed by atoms with van der Waals surface area (Å²) in [6.45, 7) is 4.06. The fourth-order valence-corrected chi connectivity index (χ4v) is 3.27. The lowest BCUT2D eigenvalue weighted by atomic mass is 10.2. The predicted molar refractivity (Wildman–Crippen MR) is 130 cm³/mol. The molecule has 0 saturated heterocycles. The van der Waals surface area contributed by atoms with Crippen LogP contribution in [0.25, 0.3) is 22.6 Å². The summed E-state index contributed by atoms with van der Waals surface area (Å²) in [6, 6.07) is 22.1. The minimum atomic E-state index is -0.298. The van der Waals surface area contributed by atoms with Crippen molar-refractivity contribution < 1.29 is 13.9 Å². The van der Waals surface area contributed by atoms with E-state index in [0.29, 0.717) is 17.1 Å². The third kappa shape index (κ3) is 5.12. The number of carbonyl (C=O) groups is 1. The minimum absolute atomic E-state index is 0.122. The number of ether oxygens (including phenoxy) is 1. The molecule has 0 spiro atoms. The van der Waals surface area contributed by atoms with Gasteiger partial charge in [0.2, 0.25) is 5.89 Å². The van der Waals surface area contributed by atoms with E-state index in [2.05, 4.69) is 22.5 Å². The molecule has 162 valence electrons. The Labute approximate surface area is 191 Å². The van der Waals surface area contributed by atoms with Crippen LogP contribution in [-0.2, 0) is 0 Å². The van der Waals surface area contributed by atoms with E-state index in [4.69, 9.17) is 21.4 Å². The van der Waals surface area contributed by atoms with Crippen LogP contribution in [0.1, 0.15) is 30.6 Å². The third-order valence-electron chi connectivity index (χ3n) is 4.92. The average Bonchev–Trinajstić information content (AvgIpc) is 3.24. The SMILES string of the molecule is CC[C@@H](C)Oc1ccc(C(=O)NC(=S)Nc2cccc(-c3nc4ccccc4o3)c2)cc1. The van der Waals surface area contributed by atoms with E-state index in [-0.39, 0.29) is 17.1 Å². The van der Waals surface area contributed by atoms with Gasteiger partial charge >= 0.3 is 0 Å². The molecule has 6 nitrogen and oxygen atoms in total. The van der Waals surface area contributed by atoms with Crippen LogP contribution in [0.3, 0.4) is 0 Å². The Balaban J connectivity index is 1.39. The highest BCUT2D eigenvalue weighted by molar-refractivity contribution is 7.80. The molecular formula is C25H23N3O3S. The zero-order chi connectivity index (χ0) is 22.5. The normalized spacial score (nSPS) is 11.7. The highest BCUT2D eigenvalue weighted by Crippen LogP contribution is 2.26. The van der Waals surface area contributed by atoms with Crippen molar-refractivity contribution in [3.63, 3.8) is 0 Å². The van der Waals surface area contributed by atoms with Gasteiger partial charge in [0.05, 0.1) is 6.10 Å². The molecule has 0 bridgehead atoms. The molecule has 7 heteroatoms. The smallest absolute Gasteiger partial charge is 0.257 e. The first-order valence-corrected chi connectivity index (χ1v) is 10.8. The summed E-state index contributed by atoms with van der Waals surface area (Å²) in [6.07, 6.45) is 1.03. The van der Waals surface area contributed by atoms with Crippen molar-refractivity contribution in [1.82, 2.24) is 10.3 Å². The van der Waals surface area contributed by atoms with Gasteiger partial charge in [-0.25, -0.2) is 4.98 Å². The number of para-hydroxylation sites is 2. The van der Waals surface area contributed by atoms with E-state index in [1.54, 1.807) is 24.3 Å². The molecule has 3 aromatic carbocycles. The molecule has 1 heterocycles. The fourth-order valence-electron chi connectivity index (χ4n) is 3.06. The number of hydrogen-bond donors (Lipinski definition) is 2. The van der Waals surface area contributed by atoms with E-state index in [9.17, 15) is 4.79 Å². The highest BCUT2D eigenvalue weighted by atomic mass is 32.1. The molecule has 0 fully saturated rings. The summed E-state index contributed by atoms with van der Waals surface area (Å²) in [4.78, 5) is 17.0. The summed E-state index contributed by atoms with van der Waals surface area (Å²) in [5.74, 6) is 0.949. The maximum Gasteiger partial charge on any atom is 0.257 e. The zero-order valence-corrected chi connectivity index (χ0v) is 18.6. The van der Waals surface area contributed by atoms with E-state index in [1.165, 1.54) is 0 Å². The van der Waals surface area contributed by atoms with Crippen molar-refractivity contribution in [3.8, 4) is 17.2 Å². The number of rotatable bonds is 6. The Morgan fingerprint density at radius 2 is 1.88 bits per heavy atom. The van der Waals surface area contributed by atoms with Crippen LogP contribution < -0.4 is 15.4 Å². The molecule has 0 aliphatic heterocycles. The average molecular weight is 446 g/mol. The van der Waals surface area contributed by atoms with Gasteiger partial charge in [-0.15, -0.1) is 0 Å². The van der Waals surface area contributed by atoms with Crippen molar-refractivity contribution in [2.75, 3.05) is 5.32 Å². The van der Waals surface area contributed by atoms with Gasteiger partial charge in [-0.2, -0.15) is 0 Å². The topological polar surface area (TPSA) is 76.4 Å². The van der Waals surface area contributed by atoms with Gasteiger partial charge in [0.25, 0.3) is 5.91 Å². The molecule has 4 rings (SSSR count). The van der Waals surface area contributed by atoms with Crippen LogP contribution in [0.2, 0.25) is 0 Å². The number of carbonyl (C=O) groups excluding carboxylic acids is 1. The van der Waals surface area contributed by atoms with Gasteiger partial charge < -0.3 is 14.5 Å². The highest BCUT2D eigenvalue weighted by Gasteiger charge is 2.11. The maximum atomic E-state index is 12.5. The molecule has 0 aliphatic rings. The Bertz CT molecular complexity index is 1220. The molecule has 0 unspecified atom stereocenters. The van der Waals surface area contributed by atoms with E-state index in [0.717, 1.165) is 28.8 Å². The number of anilines is 1. The Kier molecular flexibility index (Phi) is 6.47. The van der Waals surface area contributed by atoms with Crippen molar-refractivity contribution in [3.05, 3.63) is 78.4 Å². The van der Waals surface area contributed by atoms with E-state index >= 15 is 0 Å². The first kappa shape index (κ1) is 21.5. The second kappa shape index (κ2) is 9.62. The molecule has 0 saturated carbocycles. The Morgan fingerprint density at radius 1 is 1.09 bits per heavy atom. The van der Waals surface area contributed by atoms with E-state index < -0.39 is 0 Å². The van der Waals surface area contributed by atoms with Gasteiger partial charge in [-0.05, 0) is 80.2 Å². The first-order chi connectivity index (χ1) is 15.5. The number of benzene rings is 3. The van der Waals surface area contributed by atoms with Gasteiger partial charge in [0.15, 0.2) is 10.7 Å². The number of nitrogens with one attached hydrogen (secondary N) is 2. The molecule has 4 aromatic rings. The largest absolute Gasteiger partial charge is 0.491 e. The molecule has 32 heavy (non-hydrogen) atoms. The Morgan fingerprint density at radius 3 is 2.62 bits per heavy atom. The molecule has 1 atom stereocenters. The number of fused-ring (bicyclic) bond motifs is 1. The second-order valence-electron chi connectivity index (χ2n) is 7.34. The third-order valence-corrected chi connectivity index (χ3v) is 5.12. The molecule has 2 N–H and O–H groups in total. The lowest BCUT2D eigenvalue weighted by Gasteiger charge is -2.13. The van der Waals surface area contributed by atoms with Crippen molar-refractivity contribution in [1.29, 1.82) is 0 Å². The standard InChI is InChI=1S/C25H23N3O3S/c1-3-16(2)30-20-13-11-17(12-14-20)23(29)28-25(32)26-19-8-6-7-18(15-19)24-27-21-9-4-5-10-22(21)31-24/h4-16H,3H2,1-2H3,(H2,26,28,29,32)/t16-/m1/s1. The summed E-state index contributed by atoms with van der Waals surface area (Å²) in [7, 11) is 0. The fraction of sp³-hybridized carbons (Fsp3) is 0.160. The first-order valence-electron chi connectivity index (χ1n) is 10.4. The maximum absolute atomic E-state index is 12.5. The lowest BCUT2D eigenvalue weighted by Crippen LogP contribution is -2.34. The summed E-state index contributed by atoms with van der Waals surface area (Å²) >= 11 is 5.32. The summed E-state index contributed by atoms with van der Waals surface area (Å²) in [5, 5.41) is 5.93. The number of hydrogen-bond acceptors (Lipinski definition) is 5. The van der Waals surface area contributed by atoms with Crippen LogP contribution >= 0.6 is 12.2 Å². The quantitative estimate of drug-likeness (QED) is 0.365. The number of nitrogens with zero attached hydrogens (tertiary/aromatic N) is 1. The summed E-state index contributed by atoms with van der Waals surface area (Å²) < 4.78 is 11.6. The molecular weight excluding hydrogens is 422 g/mol. The Hall–Kier alpha value is -3.71. The number of oxazole rings is 1. The van der Waals surface area contributed by atoms with Crippen LogP contribution in [0.15, 0.2) is 77.2 Å². The van der Waals surface area contributed by atoms with Crippen LogP contribution in [0.5, 0.6) is 5.75 Å². The van der Waals surface area contributed by atoms with Gasteiger partial charge in [0.1, 0.15) is 11.3 Å². The van der Waals surface area contributed by atoms with Crippen LogP contribution in [-0.4, -0.2) is 22.1 Å². The molecule has 0 aliphatic carbocycles. The molecule has 0 radical (unpaired) electrons. The van der Waals surface area contributed by atoms with Gasteiger partial charge in [0, 0.05) is 16.8 Å². The molecule has 1 aromatic heterocycles. The van der Waals surface area contributed by atoms with Crippen molar-refractivity contribution in [2.45, 2.75) is 26.4 Å². The van der Waals surface area contributed by atoms with Gasteiger partial charge in [-0.1, -0.05) is 25.1 Å². The van der Waals surface area contributed by atoms with Gasteiger partial charge in [-0.3, -0.25) is 10.1 Å². The van der Waals surface area contributed by atoms with E-state index in [1.807, 2.05) is 55.5 Å². The minimum Gasteiger partial charge on any atom is -0.491 e. The van der Waals surface area contributed by atoms with Crippen molar-refractivity contribution >= 4 is 40.0 Å². The number of aromatic nitrogens is 1. The monoisotopic (exact) mass is 445 g/mol. The van der Waals surface area contributed by atoms with Crippen LogP contribution in [0, 0.1) is 0 Å². The number of amides is 1.